The molecule has 1 N–H and O–H groups in total. The molecule has 90 valence electrons. The Kier molecular flexibility index (Phi) is 3.88. The predicted octanol–water partition coefficient (Wildman–Crippen LogP) is 2.33. The second kappa shape index (κ2) is 5.59. The average Bonchev–Trinajstić information content (AvgIpc) is 2.90. The Balaban J connectivity index is 2.08. The van der Waals surface area contributed by atoms with Crippen molar-refractivity contribution in [3.63, 3.8) is 0 Å². The predicted molar refractivity (Wildman–Crippen MR) is 68.1 cm³/mol. The SMILES string of the molecule is CCCNC(C)c1ccc(-n2ccnc2)cn1. The Morgan fingerprint density at radius 3 is 2.88 bits per heavy atom. The molecule has 0 amide bonds. The molecule has 0 bridgehead atoms. The summed E-state index contributed by atoms with van der Waals surface area (Å²) in [5.41, 5.74) is 2.11. The summed E-state index contributed by atoms with van der Waals surface area (Å²) in [5, 5.41) is 3.42. The minimum absolute atomic E-state index is 0.298. The monoisotopic (exact) mass is 230 g/mol. The Labute approximate surface area is 102 Å². The summed E-state index contributed by atoms with van der Waals surface area (Å²) in [6.45, 7) is 5.32. The van der Waals surface area contributed by atoms with Crippen LogP contribution in [-0.2, 0) is 0 Å². The number of nitrogens with zero attached hydrogens (tertiary/aromatic N) is 3. The van der Waals surface area contributed by atoms with Crippen molar-refractivity contribution >= 4 is 0 Å². The van der Waals surface area contributed by atoms with E-state index < -0.39 is 0 Å². The largest absolute Gasteiger partial charge is 0.309 e. The van der Waals surface area contributed by atoms with Crippen LogP contribution in [0, 0.1) is 0 Å². The second-order valence-electron chi connectivity index (χ2n) is 4.09. The zero-order valence-electron chi connectivity index (χ0n) is 10.3. The van der Waals surface area contributed by atoms with Gasteiger partial charge in [0, 0.05) is 18.4 Å². The van der Waals surface area contributed by atoms with E-state index in [0.29, 0.717) is 6.04 Å². The molecule has 0 fully saturated rings. The van der Waals surface area contributed by atoms with Crippen molar-refractivity contribution < 1.29 is 0 Å². The molecule has 0 saturated heterocycles. The number of rotatable bonds is 5. The van der Waals surface area contributed by atoms with Crippen molar-refractivity contribution in [1.82, 2.24) is 19.9 Å². The molecule has 0 aliphatic carbocycles. The van der Waals surface area contributed by atoms with Gasteiger partial charge in [-0.05, 0) is 32.0 Å². The smallest absolute Gasteiger partial charge is 0.0992 e. The fourth-order valence-corrected chi connectivity index (χ4v) is 1.68. The van der Waals surface area contributed by atoms with E-state index in [4.69, 9.17) is 0 Å². The van der Waals surface area contributed by atoms with Crippen LogP contribution in [0.25, 0.3) is 5.69 Å². The molecular formula is C13H18N4. The Hall–Kier alpha value is -1.68. The molecule has 2 aromatic heterocycles. The Morgan fingerprint density at radius 2 is 2.29 bits per heavy atom. The summed E-state index contributed by atoms with van der Waals surface area (Å²) in [7, 11) is 0. The lowest BCUT2D eigenvalue weighted by Crippen LogP contribution is -2.20. The first-order valence-electron chi connectivity index (χ1n) is 5.99. The fourth-order valence-electron chi connectivity index (χ4n) is 1.68. The highest BCUT2D eigenvalue weighted by Gasteiger charge is 2.05. The molecule has 0 spiro atoms. The number of hydrogen-bond acceptors (Lipinski definition) is 3. The zero-order valence-corrected chi connectivity index (χ0v) is 10.3. The average molecular weight is 230 g/mol. The van der Waals surface area contributed by atoms with Crippen LogP contribution in [0.15, 0.2) is 37.1 Å². The summed E-state index contributed by atoms with van der Waals surface area (Å²) in [6.07, 6.45) is 8.46. The van der Waals surface area contributed by atoms with E-state index in [1.807, 2.05) is 17.0 Å². The van der Waals surface area contributed by atoms with Gasteiger partial charge >= 0.3 is 0 Å². The first-order valence-corrected chi connectivity index (χ1v) is 5.99. The lowest BCUT2D eigenvalue weighted by molar-refractivity contribution is 0.558. The number of aromatic nitrogens is 3. The van der Waals surface area contributed by atoms with Gasteiger partial charge in [-0.25, -0.2) is 4.98 Å². The van der Waals surface area contributed by atoms with E-state index in [0.717, 1.165) is 24.3 Å². The molecule has 4 heteroatoms. The van der Waals surface area contributed by atoms with Crippen LogP contribution in [0.3, 0.4) is 0 Å². The van der Waals surface area contributed by atoms with Gasteiger partial charge in [0.05, 0.1) is 23.9 Å². The van der Waals surface area contributed by atoms with Gasteiger partial charge in [-0.2, -0.15) is 0 Å². The van der Waals surface area contributed by atoms with E-state index >= 15 is 0 Å². The summed E-state index contributed by atoms with van der Waals surface area (Å²) < 4.78 is 1.95. The molecule has 17 heavy (non-hydrogen) atoms. The van der Waals surface area contributed by atoms with Crippen LogP contribution < -0.4 is 5.32 Å². The highest BCUT2D eigenvalue weighted by molar-refractivity contribution is 5.30. The fraction of sp³-hybridized carbons (Fsp3) is 0.385. The van der Waals surface area contributed by atoms with Gasteiger partial charge in [0.15, 0.2) is 0 Å². The molecule has 2 rings (SSSR count). The van der Waals surface area contributed by atoms with Crippen molar-refractivity contribution in [1.29, 1.82) is 0 Å². The number of pyridine rings is 1. The van der Waals surface area contributed by atoms with Crippen molar-refractivity contribution in [2.75, 3.05) is 6.54 Å². The lowest BCUT2D eigenvalue weighted by atomic mass is 10.2. The topological polar surface area (TPSA) is 42.7 Å². The summed E-state index contributed by atoms with van der Waals surface area (Å²) >= 11 is 0. The number of imidazole rings is 1. The molecular weight excluding hydrogens is 212 g/mol. The highest BCUT2D eigenvalue weighted by Crippen LogP contribution is 2.12. The minimum atomic E-state index is 0.298. The van der Waals surface area contributed by atoms with Crippen LogP contribution in [0.4, 0.5) is 0 Å². The van der Waals surface area contributed by atoms with Crippen molar-refractivity contribution in [2.45, 2.75) is 26.3 Å². The molecule has 2 heterocycles. The van der Waals surface area contributed by atoms with Gasteiger partial charge in [-0.15, -0.1) is 0 Å². The van der Waals surface area contributed by atoms with E-state index in [1.54, 1.807) is 12.5 Å². The maximum Gasteiger partial charge on any atom is 0.0992 e. The molecule has 4 nitrogen and oxygen atoms in total. The second-order valence-corrected chi connectivity index (χ2v) is 4.09. The minimum Gasteiger partial charge on any atom is -0.309 e. The molecule has 0 saturated carbocycles. The molecule has 0 aliphatic rings. The maximum atomic E-state index is 4.48. The van der Waals surface area contributed by atoms with Crippen LogP contribution in [0.1, 0.15) is 32.0 Å². The normalized spacial score (nSPS) is 12.6. The number of hydrogen-bond donors (Lipinski definition) is 1. The van der Waals surface area contributed by atoms with Crippen LogP contribution >= 0.6 is 0 Å². The van der Waals surface area contributed by atoms with Gasteiger partial charge < -0.3 is 9.88 Å². The molecule has 1 unspecified atom stereocenters. The molecule has 0 radical (unpaired) electrons. The summed E-state index contributed by atoms with van der Waals surface area (Å²) in [4.78, 5) is 8.50. The molecule has 0 aliphatic heterocycles. The van der Waals surface area contributed by atoms with Crippen LogP contribution in [0.5, 0.6) is 0 Å². The first-order chi connectivity index (χ1) is 8.31. The van der Waals surface area contributed by atoms with Gasteiger partial charge in [-0.3, -0.25) is 4.98 Å². The van der Waals surface area contributed by atoms with Gasteiger partial charge in [-0.1, -0.05) is 6.92 Å². The third-order valence-electron chi connectivity index (χ3n) is 2.72. The van der Waals surface area contributed by atoms with Gasteiger partial charge in [0.25, 0.3) is 0 Å². The van der Waals surface area contributed by atoms with E-state index in [9.17, 15) is 0 Å². The molecule has 1 atom stereocenters. The van der Waals surface area contributed by atoms with Crippen LogP contribution in [0.2, 0.25) is 0 Å². The highest BCUT2D eigenvalue weighted by atomic mass is 15.0. The third-order valence-corrected chi connectivity index (χ3v) is 2.72. The van der Waals surface area contributed by atoms with Crippen LogP contribution in [-0.4, -0.2) is 21.1 Å². The Morgan fingerprint density at radius 1 is 1.41 bits per heavy atom. The first kappa shape index (κ1) is 11.8. The van der Waals surface area contributed by atoms with E-state index in [1.165, 1.54) is 0 Å². The maximum absolute atomic E-state index is 4.48. The third kappa shape index (κ3) is 2.91. The van der Waals surface area contributed by atoms with Gasteiger partial charge in [0.1, 0.15) is 0 Å². The quantitative estimate of drug-likeness (QED) is 0.857. The van der Waals surface area contributed by atoms with Crippen molar-refractivity contribution in [3.05, 3.63) is 42.7 Å². The Bertz CT molecular complexity index is 433. The van der Waals surface area contributed by atoms with Gasteiger partial charge in [0.2, 0.25) is 0 Å². The lowest BCUT2D eigenvalue weighted by Gasteiger charge is -2.13. The summed E-state index contributed by atoms with van der Waals surface area (Å²) in [6, 6.07) is 4.42. The van der Waals surface area contributed by atoms with E-state index in [2.05, 4.69) is 41.3 Å². The van der Waals surface area contributed by atoms with Crippen molar-refractivity contribution in [3.8, 4) is 5.69 Å². The number of nitrogens with one attached hydrogen (secondary N) is 1. The molecule has 0 aromatic carbocycles. The molecule has 2 aromatic rings. The van der Waals surface area contributed by atoms with E-state index in [-0.39, 0.29) is 0 Å². The summed E-state index contributed by atoms with van der Waals surface area (Å²) in [5.74, 6) is 0. The zero-order chi connectivity index (χ0) is 12.1. The van der Waals surface area contributed by atoms with Crippen molar-refractivity contribution in [2.24, 2.45) is 0 Å². The standard InChI is InChI=1S/C13H18N4/c1-3-6-15-11(2)13-5-4-12(9-16-13)17-8-7-14-10-17/h4-5,7-11,15H,3,6H2,1-2H3.